The van der Waals surface area contributed by atoms with E-state index in [0.29, 0.717) is 13.0 Å². The number of aliphatic hydroxyl groups is 1. The first kappa shape index (κ1) is 16.7. The van der Waals surface area contributed by atoms with Gasteiger partial charge in [0.1, 0.15) is 6.04 Å². The number of hydrogen-bond acceptors (Lipinski definition) is 3. The lowest BCUT2D eigenvalue weighted by molar-refractivity contribution is -0.190. The van der Waals surface area contributed by atoms with Crippen LogP contribution in [0.5, 0.6) is 0 Å². The second-order valence-corrected chi connectivity index (χ2v) is 4.17. The van der Waals surface area contributed by atoms with E-state index in [4.69, 9.17) is 10.8 Å². The van der Waals surface area contributed by atoms with Crippen molar-refractivity contribution in [3.05, 3.63) is 0 Å². The molecule has 0 fully saturated rings. The second-order valence-electron chi connectivity index (χ2n) is 4.17. The first-order valence-electron chi connectivity index (χ1n) is 6.05. The van der Waals surface area contributed by atoms with Crippen LogP contribution in [0.25, 0.3) is 0 Å². The molecule has 0 saturated carbocycles. The molecule has 0 aliphatic carbocycles. The Hall–Kier alpha value is -0.330. The fourth-order valence-electron chi connectivity index (χ4n) is 1.82. The molecule has 0 aromatic carbocycles. The van der Waals surface area contributed by atoms with Crippen molar-refractivity contribution in [3.63, 3.8) is 0 Å². The molecule has 104 valence electrons. The van der Waals surface area contributed by atoms with Gasteiger partial charge in [0.05, 0.1) is 6.61 Å². The van der Waals surface area contributed by atoms with Crippen molar-refractivity contribution in [2.24, 2.45) is 5.73 Å². The predicted octanol–water partition coefficient (Wildman–Crippen LogP) is 1.75. The molecule has 0 spiro atoms. The fraction of sp³-hybridized carbons (Fsp3) is 1.00. The molecule has 0 rings (SSSR count). The Morgan fingerprint density at radius 3 is 2.18 bits per heavy atom. The fourth-order valence-corrected chi connectivity index (χ4v) is 1.82. The van der Waals surface area contributed by atoms with E-state index < -0.39 is 18.3 Å². The zero-order valence-corrected chi connectivity index (χ0v) is 10.5. The summed E-state index contributed by atoms with van der Waals surface area (Å²) in [7, 11) is 0. The topological polar surface area (TPSA) is 49.5 Å². The molecule has 0 aromatic rings. The summed E-state index contributed by atoms with van der Waals surface area (Å²) in [5.41, 5.74) is 5.56. The highest BCUT2D eigenvalue weighted by molar-refractivity contribution is 4.87. The number of unbranched alkanes of at least 4 members (excludes halogenated alkanes) is 1. The van der Waals surface area contributed by atoms with Crippen LogP contribution in [0.2, 0.25) is 0 Å². The van der Waals surface area contributed by atoms with E-state index in [2.05, 4.69) is 0 Å². The van der Waals surface area contributed by atoms with Crippen molar-refractivity contribution in [3.8, 4) is 0 Å². The number of halogens is 3. The average molecular weight is 256 g/mol. The molecule has 2 atom stereocenters. The summed E-state index contributed by atoms with van der Waals surface area (Å²) in [6.45, 7) is 3.60. The number of nitrogens with zero attached hydrogens (tertiary/aromatic N) is 1. The van der Waals surface area contributed by atoms with Crippen molar-refractivity contribution in [1.82, 2.24) is 4.90 Å². The molecule has 6 heteroatoms. The highest BCUT2D eigenvalue weighted by Crippen LogP contribution is 2.28. The molecule has 0 heterocycles. The highest BCUT2D eigenvalue weighted by Gasteiger charge is 2.46. The van der Waals surface area contributed by atoms with Crippen molar-refractivity contribution < 1.29 is 18.3 Å². The molecule has 2 unspecified atom stereocenters. The monoisotopic (exact) mass is 256 g/mol. The Morgan fingerprint density at radius 2 is 1.82 bits per heavy atom. The average Bonchev–Trinajstić information content (AvgIpc) is 2.24. The third kappa shape index (κ3) is 5.70. The van der Waals surface area contributed by atoms with Crippen LogP contribution in [0.1, 0.15) is 33.1 Å². The van der Waals surface area contributed by atoms with Crippen molar-refractivity contribution in [1.29, 1.82) is 0 Å². The van der Waals surface area contributed by atoms with Gasteiger partial charge in [-0.3, -0.25) is 4.90 Å². The van der Waals surface area contributed by atoms with Gasteiger partial charge in [-0.05, 0) is 19.4 Å². The highest BCUT2D eigenvalue weighted by atomic mass is 19.4. The van der Waals surface area contributed by atoms with Gasteiger partial charge in [0.25, 0.3) is 0 Å². The van der Waals surface area contributed by atoms with Crippen LogP contribution in [0.15, 0.2) is 0 Å². The van der Waals surface area contributed by atoms with Gasteiger partial charge in [0.15, 0.2) is 0 Å². The van der Waals surface area contributed by atoms with Crippen LogP contribution >= 0.6 is 0 Å². The van der Waals surface area contributed by atoms with Crippen molar-refractivity contribution >= 4 is 0 Å². The van der Waals surface area contributed by atoms with E-state index in [1.54, 1.807) is 6.92 Å². The minimum absolute atomic E-state index is 0.0118. The lowest BCUT2D eigenvalue weighted by Gasteiger charge is -2.36. The zero-order chi connectivity index (χ0) is 13.5. The molecule has 0 amide bonds. The van der Waals surface area contributed by atoms with Crippen LogP contribution in [-0.2, 0) is 0 Å². The van der Waals surface area contributed by atoms with Gasteiger partial charge in [-0.1, -0.05) is 20.3 Å². The lowest BCUT2D eigenvalue weighted by Crippen LogP contribution is -2.56. The first-order chi connectivity index (χ1) is 7.88. The second kappa shape index (κ2) is 7.89. The van der Waals surface area contributed by atoms with Crippen LogP contribution < -0.4 is 5.73 Å². The molecule has 0 aliphatic rings. The Labute approximate surface area is 101 Å². The van der Waals surface area contributed by atoms with E-state index in [-0.39, 0.29) is 19.6 Å². The Morgan fingerprint density at radius 1 is 1.24 bits per heavy atom. The van der Waals surface area contributed by atoms with Gasteiger partial charge in [-0.25, -0.2) is 0 Å². The maximum absolute atomic E-state index is 13.0. The maximum atomic E-state index is 13.0. The number of aliphatic hydroxyl groups excluding tert-OH is 1. The van der Waals surface area contributed by atoms with Gasteiger partial charge in [0.2, 0.25) is 0 Å². The zero-order valence-electron chi connectivity index (χ0n) is 10.5. The first-order valence-corrected chi connectivity index (χ1v) is 6.05. The molecule has 3 nitrogen and oxygen atoms in total. The quantitative estimate of drug-likeness (QED) is 0.695. The van der Waals surface area contributed by atoms with E-state index in [1.807, 2.05) is 6.92 Å². The number of rotatable bonds is 8. The number of hydrogen-bond donors (Lipinski definition) is 2. The van der Waals surface area contributed by atoms with Crippen LogP contribution in [0, 0.1) is 0 Å². The molecule has 3 N–H and O–H groups in total. The predicted molar refractivity (Wildman–Crippen MR) is 61.7 cm³/mol. The normalized spacial score (nSPS) is 16.2. The summed E-state index contributed by atoms with van der Waals surface area (Å²) in [4.78, 5) is 1.25. The van der Waals surface area contributed by atoms with Gasteiger partial charge in [-0.15, -0.1) is 0 Å². The third-order valence-electron chi connectivity index (χ3n) is 2.79. The lowest BCUT2D eigenvalue weighted by atomic mass is 10.0. The van der Waals surface area contributed by atoms with Crippen LogP contribution in [0.3, 0.4) is 0 Å². The third-order valence-corrected chi connectivity index (χ3v) is 2.79. The Kier molecular flexibility index (Phi) is 7.74. The Balaban J connectivity index is 4.80. The number of nitrogens with two attached hydrogens (primary N) is 1. The summed E-state index contributed by atoms with van der Waals surface area (Å²) in [6.07, 6.45) is -2.60. The summed E-state index contributed by atoms with van der Waals surface area (Å²) in [5, 5.41) is 8.86. The molecule has 0 saturated heterocycles. The van der Waals surface area contributed by atoms with E-state index in [1.165, 1.54) is 4.90 Å². The smallest absolute Gasteiger partial charge is 0.395 e. The Bertz CT molecular complexity index is 200. The molecule has 0 bridgehead atoms. The van der Waals surface area contributed by atoms with Gasteiger partial charge >= 0.3 is 6.18 Å². The van der Waals surface area contributed by atoms with E-state index >= 15 is 0 Å². The molecular weight excluding hydrogens is 233 g/mol. The molecular formula is C11H23F3N2O. The van der Waals surface area contributed by atoms with Crippen LogP contribution in [-0.4, -0.2) is 48.0 Å². The maximum Gasteiger partial charge on any atom is 0.405 e. The summed E-state index contributed by atoms with van der Waals surface area (Å²) in [6, 6.07) is -2.61. The molecule has 0 radical (unpaired) electrons. The van der Waals surface area contributed by atoms with Crippen LogP contribution in [0.4, 0.5) is 13.2 Å². The summed E-state index contributed by atoms with van der Waals surface area (Å²) in [5.74, 6) is 0. The van der Waals surface area contributed by atoms with Gasteiger partial charge < -0.3 is 10.8 Å². The largest absolute Gasteiger partial charge is 0.405 e. The summed E-state index contributed by atoms with van der Waals surface area (Å²) >= 11 is 0. The molecule has 0 aliphatic heterocycles. The SMILES string of the molecule is CCCCN(CCO)C(C(N)CC)C(F)(F)F. The van der Waals surface area contributed by atoms with E-state index in [0.717, 1.165) is 6.42 Å². The minimum atomic E-state index is -4.35. The summed E-state index contributed by atoms with van der Waals surface area (Å²) < 4.78 is 38.9. The van der Waals surface area contributed by atoms with Crippen molar-refractivity contribution in [2.75, 3.05) is 19.7 Å². The van der Waals surface area contributed by atoms with E-state index in [9.17, 15) is 13.2 Å². The van der Waals surface area contributed by atoms with Gasteiger partial charge in [-0.2, -0.15) is 13.2 Å². The minimum Gasteiger partial charge on any atom is -0.395 e. The van der Waals surface area contributed by atoms with Crippen molar-refractivity contribution in [2.45, 2.75) is 51.4 Å². The van der Waals surface area contributed by atoms with Gasteiger partial charge in [0, 0.05) is 12.6 Å². The number of alkyl halides is 3. The molecule has 17 heavy (non-hydrogen) atoms. The molecule has 0 aromatic heterocycles. The standard InChI is InChI=1S/C11H23F3N2O/c1-3-5-6-16(7-8-17)10(9(15)4-2)11(12,13)14/h9-10,17H,3-8,15H2,1-2H3.